The number of carbonyl (C=O) groups is 1. The Bertz CT molecular complexity index is 891. The molecule has 26 heavy (non-hydrogen) atoms. The number of aromatic hydroxyl groups is 1. The summed E-state index contributed by atoms with van der Waals surface area (Å²) < 4.78 is 5.16. The van der Waals surface area contributed by atoms with Crippen LogP contribution in [0.3, 0.4) is 0 Å². The van der Waals surface area contributed by atoms with Gasteiger partial charge in [-0.25, -0.2) is 0 Å². The quantitative estimate of drug-likeness (QED) is 0.740. The molecular weight excluding hydrogens is 328 g/mol. The van der Waals surface area contributed by atoms with Gasteiger partial charge in [0.15, 0.2) is 11.5 Å². The molecule has 2 aromatic carbocycles. The van der Waals surface area contributed by atoms with Crippen LogP contribution in [0.1, 0.15) is 39.9 Å². The minimum Gasteiger partial charge on any atom is -0.504 e. The van der Waals surface area contributed by atoms with Gasteiger partial charge in [-0.15, -0.1) is 0 Å². The zero-order chi connectivity index (χ0) is 18.3. The first-order chi connectivity index (χ1) is 12.6. The number of phenols is 1. The third-order valence-electron chi connectivity index (χ3n) is 5.43. The molecule has 0 saturated carbocycles. The van der Waals surface area contributed by atoms with Crippen molar-refractivity contribution in [2.45, 2.75) is 18.4 Å². The van der Waals surface area contributed by atoms with Gasteiger partial charge in [0.25, 0.3) is 5.91 Å². The van der Waals surface area contributed by atoms with Gasteiger partial charge in [0, 0.05) is 13.0 Å². The molecular formula is C21H22N2O3. The summed E-state index contributed by atoms with van der Waals surface area (Å²) in [6.07, 6.45) is 5.39. The van der Waals surface area contributed by atoms with E-state index in [9.17, 15) is 9.90 Å². The summed E-state index contributed by atoms with van der Waals surface area (Å²) >= 11 is 0. The highest BCUT2D eigenvalue weighted by atomic mass is 16.5. The van der Waals surface area contributed by atoms with Crippen LogP contribution in [-0.4, -0.2) is 25.2 Å². The lowest BCUT2D eigenvalue weighted by molar-refractivity contribution is 0.0963. The van der Waals surface area contributed by atoms with Gasteiger partial charge in [-0.2, -0.15) is 0 Å². The maximum atomic E-state index is 12.3. The fraction of sp³-hybridized carbons (Fsp3) is 0.286. The monoisotopic (exact) mass is 350 g/mol. The van der Waals surface area contributed by atoms with Gasteiger partial charge in [0.1, 0.15) is 0 Å². The summed E-state index contributed by atoms with van der Waals surface area (Å²) in [5, 5.41) is 16.5. The normalized spacial score (nSPS) is 22.9. The number of ether oxygens (including phenoxy) is 1. The standard InChI is InChI=1S/C21H22N2O3/c1-22-21(25)16-8-4-7-15-13-5-3-6-14(13)19(23-20(15)16)12-9-10-18(26-2)17(24)11-12/h3-5,7-11,13-14,19,23-24H,6H2,1-2H3,(H,22,25). The third kappa shape index (κ3) is 2.51. The van der Waals surface area contributed by atoms with Crippen LogP contribution in [0.4, 0.5) is 5.69 Å². The number of benzene rings is 2. The number of phenolic OH excluding ortho intramolecular Hbond substituents is 1. The first-order valence-electron chi connectivity index (χ1n) is 8.79. The van der Waals surface area contributed by atoms with Gasteiger partial charge in [0.05, 0.1) is 24.4 Å². The number of hydrogen-bond donors (Lipinski definition) is 3. The molecule has 3 atom stereocenters. The fourth-order valence-electron chi connectivity index (χ4n) is 4.18. The van der Waals surface area contributed by atoms with E-state index in [0.717, 1.165) is 23.2 Å². The topological polar surface area (TPSA) is 70.6 Å². The van der Waals surface area contributed by atoms with E-state index in [2.05, 4.69) is 28.9 Å². The maximum Gasteiger partial charge on any atom is 0.253 e. The highest BCUT2D eigenvalue weighted by Crippen LogP contribution is 2.51. The summed E-state index contributed by atoms with van der Waals surface area (Å²) in [5.74, 6) is 1.07. The lowest BCUT2D eigenvalue weighted by Gasteiger charge is -2.38. The molecule has 2 aromatic rings. The van der Waals surface area contributed by atoms with E-state index in [1.54, 1.807) is 19.2 Å². The van der Waals surface area contributed by atoms with E-state index in [1.807, 2.05) is 18.2 Å². The molecule has 5 nitrogen and oxygen atoms in total. The Morgan fingerprint density at radius 1 is 1.31 bits per heavy atom. The van der Waals surface area contributed by atoms with Crippen LogP contribution in [0.5, 0.6) is 11.5 Å². The largest absolute Gasteiger partial charge is 0.504 e. The Morgan fingerprint density at radius 3 is 2.88 bits per heavy atom. The van der Waals surface area contributed by atoms with E-state index in [-0.39, 0.29) is 23.6 Å². The molecule has 0 bridgehead atoms. The van der Waals surface area contributed by atoms with Gasteiger partial charge in [-0.1, -0.05) is 30.4 Å². The molecule has 5 heteroatoms. The Kier molecular flexibility index (Phi) is 4.07. The summed E-state index contributed by atoms with van der Waals surface area (Å²) in [6.45, 7) is 0. The fourth-order valence-corrected chi connectivity index (χ4v) is 4.18. The molecule has 3 unspecified atom stereocenters. The number of amides is 1. The molecule has 0 fully saturated rings. The number of carbonyl (C=O) groups excluding carboxylic acids is 1. The zero-order valence-electron chi connectivity index (χ0n) is 14.8. The second-order valence-corrected chi connectivity index (χ2v) is 6.76. The van der Waals surface area contributed by atoms with Crippen LogP contribution in [0.25, 0.3) is 0 Å². The first kappa shape index (κ1) is 16.5. The van der Waals surface area contributed by atoms with Gasteiger partial charge in [0.2, 0.25) is 0 Å². The molecule has 1 amide bonds. The number of para-hydroxylation sites is 1. The van der Waals surface area contributed by atoms with Crippen molar-refractivity contribution in [3.63, 3.8) is 0 Å². The average molecular weight is 350 g/mol. The van der Waals surface area contributed by atoms with E-state index in [4.69, 9.17) is 4.74 Å². The van der Waals surface area contributed by atoms with E-state index in [0.29, 0.717) is 17.2 Å². The summed E-state index contributed by atoms with van der Waals surface area (Å²) in [7, 11) is 3.18. The molecule has 0 radical (unpaired) electrons. The highest BCUT2D eigenvalue weighted by molar-refractivity contribution is 6.00. The number of nitrogens with one attached hydrogen (secondary N) is 2. The Balaban J connectivity index is 1.80. The van der Waals surface area contributed by atoms with Crippen molar-refractivity contribution in [3.05, 3.63) is 65.2 Å². The van der Waals surface area contributed by atoms with Crippen LogP contribution in [0.2, 0.25) is 0 Å². The number of hydrogen-bond acceptors (Lipinski definition) is 4. The predicted molar refractivity (Wildman–Crippen MR) is 101 cm³/mol. The molecule has 0 aromatic heterocycles. The van der Waals surface area contributed by atoms with Crippen molar-refractivity contribution in [3.8, 4) is 11.5 Å². The van der Waals surface area contributed by atoms with Crippen LogP contribution < -0.4 is 15.4 Å². The second-order valence-electron chi connectivity index (χ2n) is 6.76. The van der Waals surface area contributed by atoms with Crippen molar-refractivity contribution in [1.29, 1.82) is 0 Å². The lowest BCUT2D eigenvalue weighted by Crippen LogP contribution is -2.31. The lowest BCUT2D eigenvalue weighted by atomic mass is 9.76. The molecule has 4 rings (SSSR count). The number of anilines is 1. The predicted octanol–water partition coefficient (Wildman–Crippen LogP) is 3.59. The van der Waals surface area contributed by atoms with Crippen molar-refractivity contribution >= 4 is 11.6 Å². The number of methoxy groups -OCH3 is 1. The van der Waals surface area contributed by atoms with Gasteiger partial charge >= 0.3 is 0 Å². The number of rotatable bonds is 3. The SMILES string of the molecule is CNC(=O)c1cccc2c1NC(c1ccc(OC)c(O)c1)C1CC=CC21. The third-order valence-corrected chi connectivity index (χ3v) is 5.43. The maximum absolute atomic E-state index is 12.3. The molecule has 1 heterocycles. The van der Waals surface area contributed by atoms with Crippen molar-refractivity contribution in [2.24, 2.45) is 5.92 Å². The Hall–Kier alpha value is -2.95. The minimum absolute atomic E-state index is 0.00473. The summed E-state index contributed by atoms with van der Waals surface area (Å²) in [4.78, 5) is 12.3. The van der Waals surface area contributed by atoms with Crippen molar-refractivity contribution < 1.29 is 14.6 Å². The molecule has 0 spiro atoms. The van der Waals surface area contributed by atoms with Gasteiger partial charge < -0.3 is 20.5 Å². The van der Waals surface area contributed by atoms with Gasteiger partial charge in [-0.05, 0) is 41.7 Å². The zero-order valence-corrected chi connectivity index (χ0v) is 14.8. The van der Waals surface area contributed by atoms with Gasteiger partial charge in [-0.3, -0.25) is 4.79 Å². The molecule has 2 aliphatic rings. The van der Waals surface area contributed by atoms with Crippen LogP contribution >= 0.6 is 0 Å². The van der Waals surface area contributed by atoms with Crippen molar-refractivity contribution in [2.75, 3.05) is 19.5 Å². The highest BCUT2D eigenvalue weighted by Gasteiger charge is 2.39. The second kappa shape index (κ2) is 6.41. The molecule has 0 saturated heterocycles. The molecule has 134 valence electrons. The van der Waals surface area contributed by atoms with E-state index in [1.165, 1.54) is 7.11 Å². The van der Waals surface area contributed by atoms with E-state index >= 15 is 0 Å². The smallest absolute Gasteiger partial charge is 0.253 e. The average Bonchev–Trinajstić information content (AvgIpc) is 3.16. The number of allylic oxidation sites excluding steroid dienone is 2. The Labute approximate surface area is 152 Å². The first-order valence-corrected chi connectivity index (χ1v) is 8.79. The Morgan fingerprint density at radius 2 is 2.15 bits per heavy atom. The van der Waals surface area contributed by atoms with Crippen molar-refractivity contribution in [1.82, 2.24) is 5.32 Å². The molecule has 3 N–H and O–H groups in total. The summed E-state index contributed by atoms with van der Waals surface area (Å²) in [5.41, 5.74) is 3.66. The van der Waals surface area contributed by atoms with E-state index < -0.39 is 0 Å². The molecule has 1 aliphatic carbocycles. The molecule has 1 aliphatic heterocycles. The van der Waals surface area contributed by atoms with Crippen LogP contribution in [0, 0.1) is 5.92 Å². The summed E-state index contributed by atoms with van der Waals surface area (Å²) in [6, 6.07) is 11.4. The van der Waals surface area contributed by atoms with Crippen LogP contribution in [0.15, 0.2) is 48.6 Å². The number of fused-ring (bicyclic) bond motifs is 3. The van der Waals surface area contributed by atoms with Crippen LogP contribution in [-0.2, 0) is 0 Å². The minimum atomic E-state index is -0.105.